The molecule has 2 nitrogen and oxygen atoms in total. The fraction of sp³-hybridized carbons (Fsp3) is 0.480. The molecule has 2 saturated carbocycles. The molecule has 0 aromatic heterocycles. The van der Waals surface area contributed by atoms with Crippen molar-refractivity contribution in [2.75, 3.05) is 13.1 Å². The first-order valence-electron chi connectivity index (χ1n) is 10.7. The maximum Gasteiger partial charge on any atom is 0.141 e. The van der Waals surface area contributed by atoms with Crippen LogP contribution >= 0.6 is 0 Å². The molecular formula is C25H27FN2. The molecule has 1 heterocycles. The maximum absolute atomic E-state index is 14.3. The lowest BCUT2D eigenvalue weighted by Crippen LogP contribution is -2.25. The van der Waals surface area contributed by atoms with Crippen molar-refractivity contribution in [2.45, 2.75) is 57.4 Å². The molecule has 0 atom stereocenters. The van der Waals surface area contributed by atoms with Gasteiger partial charge in [0, 0.05) is 6.54 Å². The molecule has 3 fully saturated rings. The molecule has 0 bridgehead atoms. The summed E-state index contributed by atoms with van der Waals surface area (Å²) in [6.45, 7) is 3.41. The predicted molar refractivity (Wildman–Crippen MR) is 109 cm³/mol. The van der Waals surface area contributed by atoms with Gasteiger partial charge in [0.25, 0.3) is 0 Å². The molecule has 1 saturated heterocycles. The van der Waals surface area contributed by atoms with Crippen LogP contribution in [0.15, 0.2) is 36.4 Å². The van der Waals surface area contributed by atoms with Crippen LogP contribution < -0.4 is 0 Å². The van der Waals surface area contributed by atoms with E-state index in [1.807, 2.05) is 12.1 Å². The van der Waals surface area contributed by atoms with Crippen LogP contribution in [0.4, 0.5) is 4.39 Å². The van der Waals surface area contributed by atoms with Crippen molar-refractivity contribution in [3.05, 3.63) is 58.9 Å². The summed E-state index contributed by atoms with van der Waals surface area (Å²) in [4.78, 5) is 2.64. The van der Waals surface area contributed by atoms with Crippen LogP contribution in [0, 0.1) is 22.6 Å². The lowest BCUT2D eigenvalue weighted by atomic mass is 9.91. The fourth-order valence-electron chi connectivity index (χ4n) is 5.02. The summed E-state index contributed by atoms with van der Waals surface area (Å²) in [5, 5.41) is 9.03. The summed E-state index contributed by atoms with van der Waals surface area (Å²) in [6, 6.07) is 13.5. The quantitative estimate of drug-likeness (QED) is 0.655. The van der Waals surface area contributed by atoms with E-state index >= 15 is 0 Å². The van der Waals surface area contributed by atoms with Crippen LogP contribution in [0.25, 0.3) is 11.1 Å². The van der Waals surface area contributed by atoms with Crippen molar-refractivity contribution in [3.8, 4) is 17.2 Å². The number of nitriles is 1. The minimum Gasteiger partial charge on any atom is -0.299 e. The molecule has 1 spiro atoms. The first-order valence-corrected chi connectivity index (χ1v) is 10.7. The SMILES string of the molecule is N#Cc1ccc(-c2cccc(CN3CCCC4(CC3)CC4)c2C2CC2)cc1F. The Morgan fingerprint density at radius 2 is 1.93 bits per heavy atom. The molecule has 5 rings (SSSR count). The van der Waals surface area contributed by atoms with Gasteiger partial charge in [0.1, 0.15) is 11.9 Å². The molecule has 2 aliphatic carbocycles. The van der Waals surface area contributed by atoms with Gasteiger partial charge in [-0.15, -0.1) is 0 Å². The van der Waals surface area contributed by atoms with E-state index < -0.39 is 5.82 Å². The molecule has 28 heavy (non-hydrogen) atoms. The van der Waals surface area contributed by atoms with E-state index in [1.165, 1.54) is 75.2 Å². The van der Waals surface area contributed by atoms with Crippen LogP contribution in [0.1, 0.15) is 67.6 Å². The lowest BCUT2D eigenvalue weighted by Gasteiger charge is -2.23. The fourth-order valence-corrected chi connectivity index (χ4v) is 5.02. The molecule has 0 amide bonds. The molecule has 2 aromatic carbocycles. The van der Waals surface area contributed by atoms with E-state index in [1.54, 1.807) is 6.07 Å². The minimum atomic E-state index is -0.422. The van der Waals surface area contributed by atoms with Crippen LogP contribution in [-0.2, 0) is 6.54 Å². The molecule has 0 unspecified atom stereocenters. The van der Waals surface area contributed by atoms with Gasteiger partial charge in [0.2, 0.25) is 0 Å². The van der Waals surface area contributed by atoms with E-state index in [2.05, 4.69) is 23.1 Å². The second kappa shape index (κ2) is 7.01. The third kappa shape index (κ3) is 3.47. The number of benzene rings is 2. The smallest absolute Gasteiger partial charge is 0.141 e. The number of hydrogen-bond donors (Lipinski definition) is 0. The van der Waals surface area contributed by atoms with E-state index in [-0.39, 0.29) is 5.56 Å². The van der Waals surface area contributed by atoms with Gasteiger partial charge in [-0.1, -0.05) is 24.3 Å². The Morgan fingerprint density at radius 3 is 2.64 bits per heavy atom. The van der Waals surface area contributed by atoms with Gasteiger partial charge in [-0.2, -0.15) is 5.26 Å². The van der Waals surface area contributed by atoms with Gasteiger partial charge in [-0.25, -0.2) is 4.39 Å². The minimum absolute atomic E-state index is 0.117. The molecule has 0 radical (unpaired) electrons. The van der Waals surface area contributed by atoms with E-state index in [9.17, 15) is 4.39 Å². The Bertz CT molecular complexity index is 934. The maximum atomic E-state index is 14.3. The Labute approximate surface area is 167 Å². The summed E-state index contributed by atoms with van der Waals surface area (Å²) in [5.41, 5.74) is 5.68. The topological polar surface area (TPSA) is 27.0 Å². The Morgan fingerprint density at radius 1 is 1.07 bits per heavy atom. The molecule has 144 valence electrons. The van der Waals surface area contributed by atoms with Crippen LogP contribution in [0.5, 0.6) is 0 Å². The average molecular weight is 375 g/mol. The van der Waals surface area contributed by atoms with Gasteiger partial charge in [0.15, 0.2) is 0 Å². The van der Waals surface area contributed by atoms with E-state index in [4.69, 9.17) is 5.26 Å². The molecule has 3 heteroatoms. The Balaban J connectivity index is 1.45. The molecule has 1 aliphatic heterocycles. The standard InChI is InChI=1S/C25H27FN2/c26-23-15-19(7-8-20(23)16-27)22-4-1-3-21(24(22)18-5-6-18)17-28-13-2-9-25(10-11-25)12-14-28/h1,3-4,7-8,15,18H,2,5-6,9-14,17H2. The average Bonchev–Trinajstić information content (AvgIpc) is 3.61. The number of hydrogen-bond acceptors (Lipinski definition) is 2. The number of rotatable bonds is 4. The van der Waals surface area contributed by atoms with Gasteiger partial charge in [-0.3, -0.25) is 4.90 Å². The zero-order valence-corrected chi connectivity index (χ0v) is 16.4. The highest BCUT2D eigenvalue weighted by Gasteiger charge is 2.42. The first-order chi connectivity index (χ1) is 13.7. The van der Waals surface area contributed by atoms with E-state index in [0.717, 1.165) is 17.7 Å². The summed E-state index contributed by atoms with van der Waals surface area (Å²) in [6.07, 6.45) is 9.41. The highest BCUT2D eigenvalue weighted by atomic mass is 19.1. The van der Waals surface area contributed by atoms with Gasteiger partial charge < -0.3 is 0 Å². The summed E-state index contributed by atoms with van der Waals surface area (Å²) in [5.74, 6) is 0.182. The third-order valence-corrected chi connectivity index (χ3v) is 7.07. The largest absolute Gasteiger partial charge is 0.299 e. The summed E-state index contributed by atoms with van der Waals surface area (Å²) >= 11 is 0. The summed E-state index contributed by atoms with van der Waals surface area (Å²) < 4.78 is 14.3. The first kappa shape index (κ1) is 17.9. The lowest BCUT2D eigenvalue weighted by molar-refractivity contribution is 0.270. The van der Waals surface area contributed by atoms with Crippen molar-refractivity contribution in [1.29, 1.82) is 5.26 Å². The van der Waals surface area contributed by atoms with Crippen molar-refractivity contribution < 1.29 is 4.39 Å². The molecule has 2 aromatic rings. The highest BCUT2D eigenvalue weighted by Crippen LogP contribution is 2.53. The monoisotopic (exact) mass is 374 g/mol. The van der Waals surface area contributed by atoms with Gasteiger partial charge >= 0.3 is 0 Å². The van der Waals surface area contributed by atoms with Crippen LogP contribution in [0.2, 0.25) is 0 Å². The zero-order chi connectivity index (χ0) is 19.1. The predicted octanol–water partition coefficient (Wildman–Crippen LogP) is 6.01. The number of likely N-dealkylation sites (tertiary alicyclic amines) is 1. The second-order valence-corrected chi connectivity index (χ2v) is 9.09. The van der Waals surface area contributed by atoms with Crippen molar-refractivity contribution >= 4 is 0 Å². The molecular weight excluding hydrogens is 347 g/mol. The molecule has 0 N–H and O–H groups in total. The Kier molecular flexibility index (Phi) is 4.48. The van der Waals surface area contributed by atoms with E-state index in [0.29, 0.717) is 11.3 Å². The highest BCUT2D eigenvalue weighted by molar-refractivity contribution is 5.71. The van der Waals surface area contributed by atoms with Crippen molar-refractivity contribution in [3.63, 3.8) is 0 Å². The van der Waals surface area contributed by atoms with Crippen molar-refractivity contribution in [1.82, 2.24) is 4.90 Å². The normalized spacial score (nSPS) is 21.3. The number of halogens is 1. The molecule has 3 aliphatic rings. The summed E-state index contributed by atoms with van der Waals surface area (Å²) in [7, 11) is 0. The van der Waals surface area contributed by atoms with Crippen molar-refractivity contribution in [2.24, 2.45) is 5.41 Å². The van der Waals surface area contributed by atoms with Crippen LogP contribution in [0.3, 0.4) is 0 Å². The van der Waals surface area contributed by atoms with Crippen LogP contribution in [-0.4, -0.2) is 18.0 Å². The zero-order valence-electron chi connectivity index (χ0n) is 16.4. The Hall–Kier alpha value is -2.18. The van der Waals surface area contributed by atoms with Gasteiger partial charge in [0.05, 0.1) is 5.56 Å². The number of nitrogens with zero attached hydrogens (tertiary/aromatic N) is 2. The second-order valence-electron chi connectivity index (χ2n) is 9.09. The van der Waals surface area contributed by atoms with Gasteiger partial charge in [-0.05, 0) is 104 Å². The third-order valence-electron chi connectivity index (χ3n) is 7.07.